The number of methoxy groups -OCH3 is 1. The number of phenolic OH excluding ortho intramolecular Hbond substituents is 1. The molecular formula is C28H35N3O8. The number of aliphatic hydroxyl groups excluding tert-OH is 2. The molecule has 0 unspecified atom stereocenters. The first kappa shape index (κ1) is 27.2. The lowest BCUT2D eigenvalue weighted by Gasteiger charge is -2.50. The Hall–Kier alpha value is -3.41. The number of carbonyl (C=O) groups is 3. The molecule has 2 fully saturated rings. The molecule has 210 valence electrons. The summed E-state index contributed by atoms with van der Waals surface area (Å²) in [6.07, 6.45) is 2.37. The Balaban J connectivity index is 1.70. The van der Waals surface area contributed by atoms with Gasteiger partial charge in [-0.1, -0.05) is 0 Å². The van der Waals surface area contributed by atoms with Crippen LogP contribution in [0.1, 0.15) is 48.9 Å². The molecule has 0 spiro atoms. The number of amides is 1. The lowest BCUT2D eigenvalue weighted by molar-refractivity contribution is -0.153. The number of Topliss-reactive ketones (excluding diaryl/α,β-unsaturated/α-hetero) is 2. The third-order valence-corrected chi connectivity index (χ3v) is 9.04. The van der Waals surface area contributed by atoms with Crippen molar-refractivity contribution in [2.24, 2.45) is 17.6 Å². The van der Waals surface area contributed by atoms with Crippen LogP contribution in [-0.4, -0.2) is 93.6 Å². The van der Waals surface area contributed by atoms with Gasteiger partial charge in [-0.2, -0.15) is 0 Å². The average Bonchev–Trinajstić information content (AvgIpc) is 3.40. The standard InChI is InChI=1S/C28H35N3O8/c1-12(31-7-5-6-8-31)14-11-17(32)19-15(24(14)39-4)9-13-10-16-21(30(2)3)23(34)20(27(29)37)26(36)28(16,38)25(35)18(13)22(19)33/h11-13,16,21,32-33,36,38H,5-10H2,1-4H3,(H2,29,37)/t12-,13-,16-,21-,28-/m0/s1. The van der Waals surface area contributed by atoms with Crippen molar-refractivity contribution in [3.8, 4) is 11.5 Å². The monoisotopic (exact) mass is 541 g/mol. The summed E-state index contributed by atoms with van der Waals surface area (Å²) in [4.78, 5) is 43.1. The van der Waals surface area contributed by atoms with Crippen molar-refractivity contribution < 1.29 is 39.5 Å². The van der Waals surface area contributed by atoms with Crippen LogP contribution in [-0.2, 0) is 20.8 Å². The molecule has 1 aromatic carbocycles. The molecule has 1 heterocycles. The Kier molecular flexibility index (Phi) is 6.52. The molecule has 0 radical (unpaired) electrons. The summed E-state index contributed by atoms with van der Waals surface area (Å²) < 4.78 is 5.83. The number of nitrogens with two attached hydrogens (primary N) is 1. The molecular weight excluding hydrogens is 506 g/mol. The number of aromatic hydroxyl groups is 1. The minimum atomic E-state index is -2.66. The zero-order chi connectivity index (χ0) is 28.5. The predicted molar refractivity (Wildman–Crippen MR) is 140 cm³/mol. The van der Waals surface area contributed by atoms with Gasteiger partial charge in [0.2, 0.25) is 5.78 Å². The number of fused-ring (bicyclic) bond motifs is 3. The maximum atomic E-state index is 13.9. The largest absolute Gasteiger partial charge is 0.508 e. The van der Waals surface area contributed by atoms with Crippen LogP contribution < -0.4 is 10.5 Å². The molecule has 4 aliphatic rings. The first-order chi connectivity index (χ1) is 18.4. The molecule has 5 atom stereocenters. The van der Waals surface area contributed by atoms with Crippen LogP contribution in [0.3, 0.4) is 0 Å². The van der Waals surface area contributed by atoms with Crippen LogP contribution >= 0.6 is 0 Å². The highest BCUT2D eigenvalue weighted by molar-refractivity contribution is 6.24. The smallest absolute Gasteiger partial charge is 0.255 e. The number of likely N-dealkylation sites (tertiary alicyclic amines) is 1. The van der Waals surface area contributed by atoms with Crippen LogP contribution in [0.25, 0.3) is 5.76 Å². The Morgan fingerprint density at radius 1 is 1.21 bits per heavy atom. The van der Waals surface area contributed by atoms with Crippen LogP contribution in [0.5, 0.6) is 11.5 Å². The van der Waals surface area contributed by atoms with Gasteiger partial charge in [-0.05, 0) is 71.8 Å². The summed E-state index contributed by atoms with van der Waals surface area (Å²) in [6, 6.07) is 0.346. The fourth-order valence-corrected chi connectivity index (χ4v) is 7.20. The Labute approximate surface area is 226 Å². The van der Waals surface area contributed by atoms with Gasteiger partial charge in [0.1, 0.15) is 28.6 Å². The summed E-state index contributed by atoms with van der Waals surface area (Å²) in [6.45, 7) is 3.86. The zero-order valence-corrected chi connectivity index (χ0v) is 22.5. The summed E-state index contributed by atoms with van der Waals surface area (Å²) in [7, 11) is 4.66. The van der Waals surface area contributed by atoms with E-state index >= 15 is 0 Å². The first-order valence-corrected chi connectivity index (χ1v) is 13.2. The molecule has 0 bridgehead atoms. The molecule has 39 heavy (non-hydrogen) atoms. The number of primary amides is 1. The number of ether oxygens (including phenoxy) is 1. The van der Waals surface area contributed by atoms with E-state index in [1.165, 1.54) is 18.1 Å². The number of hydrogen-bond acceptors (Lipinski definition) is 10. The molecule has 11 heteroatoms. The van der Waals surface area contributed by atoms with Gasteiger partial charge in [0.05, 0.1) is 18.7 Å². The minimum absolute atomic E-state index is 0.0283. The molecule has 1 saturated heterocycles. The fourth-order valence-electron chi connectivity index (χ4n) is 7.20. The van der Waals surface area contributed by atoms with Crippen molar-refractivity contribution in [1.82, 2.24) is 9.80 Å². The van der Waals surface area contributed by atoms with Crippen molar-refractivity contribution in [3.05, 3.63) is 39.7 Å². The van der Waals surface area contributed by atoms with E-state index in [2.05, 4.69) is 4.90 Å². The number of phenols is 1. The second-order valence-corrected chi connectivity index (χ2v) is 11.3. The Morgan fingerprint density at radius 3 is 2.41 bits per heavy atom. The number of rotatable bonds is 5. The second-order valence-electron chi connectivity index (χ2n) is 11.3. The Bertz CT molecular complexity index is 1340. The number of hydrogen-bond donors (Lipinski definition) is 5. The van der Waals surface area contributed by atoms with Crippen molar-refractivity contribution >= 4 is 23.2 Å². The third kappa shape index (κ3) is 3.70. The summed E-state index contributed by atoms with van der Waals surface area (Å²) in [5.41, 5.74) is 3.01. The van der Waals surface area contributed by atoms with Gasteiger partial charge in [-0.15, -0.1) is 0 Å². The molecule has 1 aliphatic heterocycles. The van der Waals surface area contributed by atoms with E-state index in [9.17, 15) is 34.8 Å². The van der Waals surface area contributed by atoms with Crippen LogP contribution in [0, 0.1) is 11.8 Å². The number of aliphatic hydroxyl groups is 3. The fraction of sp³-hybridized carbons (Fsp3) is 0.536. The van der Waals surface area contributed by atoms with E-state index in [0.717, 1.165) is 31.5 Å². The number of carbonyl (C=O) groups excluding carboxylic acids is 3. The van der Waals surface area contributed by atoms with E-state index in [4.69, 9.17) is 10.5 Å². The van der Waals surface area contributed by atoms with E-state index in [0.29, 0.717) is 11.3 Å². The quantitative estimate of drug-likeness (QED) is 0.340. The van der Waals surface area contributed by atoms with E-state index in [1.807, 2.05) is 6.92 Å². The van der Waals surface area contributed by atoms with Gasteiger partial charge < -0.3 is 30.9 Å². The van der Waals surface area contributed by atoms with Gasteiger partial charge in [-0.25, -0.2) is 0 Å². The SMILES string of the molecule is COc1c([C@H](C)N2CCCC2)cc(O)c2c1C[C@H]1C[C@H]3[C@H](N(C)C)C(=O)C(C(N)=O)=C(O)[C@@]3(O)C(=O)C1=C2O. The molecule has 5 rings (SSSR count). The highest BCUT2D eigenvalue weighted by Crippen LogP contribution is 2.54. The summed E-state index contributed by atoms with van der Waals surface area (Å²) in [5, 5.41) is 45.2. The van der Waals surface area contributed by atoms with Gasteiger partial charge >= 0.3 is 0 Å². The number of benzene rings is 1. The van der Waals surface area contributed by atoms with Crippen LogP contribution in [0.15, 0.2) is 23.0 Å². The molecule has 3 aliphatic carbocycles. The zero-order valence-electron chi connectivity index (χ0n) is 22.5. The van der Waals surface area contributed by atoms with Gasteiger partial charge in [0.15, 0.2) is 11.4 Å². The van der Waals surface area contributed by atoms with Gasteiger partial charge in [0, 0.05) is 28.7 Å². The Morgan fingerprint density at radius 2 is 1.85 bits per heavy atom. The van der Waals surface area contributed by atoms with Crippen LogP contribution in [0.4, 0.5) is 0 Å². The van der Waals surface area contributed by atoms with Gasteiger partial charge in [-0.3, -0.25) is 24.2 Å². The molecule has 11 nitrogen and oxygen atoms in total. The molecule has 6 N–H and O–H groups in total. The molecule has 1 aromatic rings. The van der Waals surface area contributed by atoms with E-state index < -0.39 is 58.0 Å². The number of likely N-dealkylation sites (N-methyl/N-ethyl adjacent to an activating group) is 1. The predicted octanol–water partition coefficient (Wildman–Crippen LogP) is 1.13. The molecule has 1 amide bonds. The lowest BCUT2D eigenvalue weighted by atomic mass is 9.57. The highest BCUT2D eigenvalue weighted by Gasteiger charge is 2.64. The summed E-state index contributed by atoms with van der Waals surface area (Å²) >= 11 is 0. The van der Waals surface area contributed by atoms with Crippen molar-refractivity contribution in [3.63, 3.8) is 0 Å². The molecule has 0 aromatic heterocycles. The topological polar surface area (TPSA) is 174 Å². The average molecular weight is 542 g/mol. The first-order valence-electron chi connectivity index (χ1n) is 13.2. The van der Waals surface area contributed by atoms with E-state index in [1.54, 1.807) is 14.1 Å². The van der Waals surface area contributed by atoms with Crippen molar-refractivity contribution in [2.45, 2.75) is 50.3 Å². The van der Waals surface area contributed by atoms with Crippen LogP contribution in [0.2, 0.25) is 0 Å². The third-order valence-electron chi connectivity index (χ3n) is 9.04. The lowest BCUT2D eigenvalue weighted by Crippen LogP contribution is -2.65. The van der Waals surface area contributed by atoms with Gasteiger partial charge in [0.25, 0.3) is 5.91 Å². The number of ketones is 2. The molecule has 1 saturated carbocycles. The maximum absolute atomic E-state index is 13.9. The highest BCUT2D eigenvalue weighted by atomic mass is 16.5. The van der Waals surface area contributed by atoms with E-state index in [-0.39, 0.29) is 35.8 Å². The van der Waals surface area contributed by atoms with Crippen molar-refractivity contribution in [2.75, 3.05) is 34.3 Å². The normalized spacial score (nSPS) is 29.8. The minimum Gasteiger partial charge on any atom is -0.508 e. The second kappa shape index (κ2) is 9.35. The number of nitrogens with zero attached hydrogens (tertiary/aromatic N) is 2. The summed E-state index contributed by atoms with van der Waals surface area (Å²) in [5.74, 6) is -6.21. The maximum Gasteiger partial charge on any atom is 0.255 e. The van der Waals surface area contributed by atoms with Crippen molar-refractivity contribution in [1.29, 1.82) is 0 Å².